The van der Waals surface area contributed by atoms with Crippen molar-refractivity contribution in [1.82, 2.24) is 4.98 Å². The van der Waals surface area contributed by atoms with Crippen LogP contribution in [0.25, 0.3) is 0 Å². The van der Waals surface area contributed by atoms with Gasteiger partial charge >= 0.3 is 0 Å². The molecule has 0 aliphatic carbocycles. The fraction of sp³-hybridized carbons (Fsp3) is 0.615. The summed E-state index contributed by atoms with van der Waals surface area (Å²) in [4.78, 5) is 4.20. The van der Waals surface area contributed by atoms with Crippen molar-refractivity contribution in [2.24, 2.45) is 5.92 Å². The van der Waals surface area contributed by atoms with Gasteiger partial charge in [0.25, 0.3) is 0 Å². The van der Waals surface area contributed by atoms with Gasteiger partial charge in [-0.15, -0.1) is 0 Å². The van der Waals surface area contributed by atoms with E-state index < -0.39 is 6.10 Å². The van der Waals surface area contributed by atoms with Gasteiger partial charge < -0.3 is 5.11 Å². The zero-order chi connectivity index (χ0) is 11.3. The Morgan fingerprint density at radius 1 is 1.47 bits per heavy atom. The molecule has 1 heterocycles. The summed E-state index contributed by atoms with van der Waals surface area (Å²) >= 11 is 0. The molecule has 0 aliphatic heterocycles. The minimum Gasteiger partial charge on any atom is -0.387 e. The van der Waals surface area contributed by atoms with Crippen LogP contribution < -0.4 is 0 Å². The van der Waals surface area contributed by atoms with E-state index in [1.54, 1.807) is 6.20 Å². The number of nitrogens with zero attached hydrogens (tertiary/aromatic N) is 1. The Morgan fingerprint density at radius 2 is 2.20 bits per heavy atom. The molecule has 2 atom stereocenters. The summed E-state index contributed by atoms with van der Waals surface area (Å²) in [5.74, 6) is 0.562. The first-order valence-electron chi connectivity index (χ1n) is 5.74. The topological polar surface area (TPSA) is 33.1 Å². The first-order chi connectivity index (χ1) is 7.13. The number of hydrogen-bond acceptors (Lipinski definition) is 2. The second kappa shape index (κ2) is 5.86. The molecule has 0 aliphatic rings. The minimum atomic E-state index is -0.411. The first-order valence-corrected chi connectivity index (χ1v) is 5.74. The van der Waals surface area contributed by atoms with E-state index in [2.05, 4.69) is 18.8 Å². The van der Waals surface area contributed by atoms with Crippen LogP contribution in [-0.4, -0.2) is 10.1 Å². The van der Waals surface area contributed by atoms with E-state index in [1.807, 2.05) is 19.1 Å². The minimum absolute atomic E-state index is 0.411. The highest BCUT2D eigenvalue weighted by Crippen LogP contribution is 2.22. The van der Waals surface area contributed by atoms with Gasteiger partial charge in [0, 0.05) is 6.20 Å². The summed E-state index contributed by atoms with van der Waals surface area (Å²) in [7, 11) is 0. The molecule has 0 bridgehead atoms. The average Bonchev–Trinajstić information content (AvgIpc) is 2.18. The molecular formula is C13H21NO. The lowest BCUT2D eigenvalue weighted by Gasteiger charge is -2.15. The molecule has 0 saturated carbocycles. The molecule has 1 aromatic heterocycles. The summed E-state index contributed by atoms with van der Waals surface area (Å²) in [6.45, 7) is 6.38. The van der Waals surface area contributed by atoms with E-state index >= 15 is 0 Å². The molecule has 0 amide bonds. The predicted molar refractivity (Wildman–Crippen MR) is 62.6 cm³/mol. The van der Waals surface area contributed by atoms with Crippen LogP contribution in [0.4, 0.5) is 0 Å². The van der Waals surface area contributed by atoms with Crippen LogP contribution in [0.2, 0.25) is 0 Å². The van der Waals surface area contributed by atoms with Gasteiger partial charge in [-0.1, -0.05) is 26.7 Å². The van der Waals surface area contributed by atoms with Crippen molar-refractivity contribution in [3.63, 3.8) is 0 Å². The van der Waals surface area contributed by atoms with Crippen LogP contribution in [0.5, 0.6) is 0 Å². The number of aromatic nitrogens is 1. The second-order valence-electron chi connectivity index (χ2n) is 4.40. The fourth-order valence-corrected chi connectivity index (χ4v) is 1.85. The summed E-state index contributed by atoms with van der Waals surface area (Å²) < 4.78 is 0. The molecular weight excluding hydrogens is 186 g/mol. The van der Waals surface area contributed by atoms with E-state index in [0.29, 0.717) is 5.92 Å². The number of aliphatic hydroxyl groups is 1. The van der Waals surface area contributed by atoms with Gasteiger partial charge in [0.1, 0.15) is 0 Å². The Hall–Kier alpha value is -0.890. The highest BCUT2D eigenvalue weighted by atomic mass is 16.3. The van der Waals surface area contributed by atoms with Crippen LogP contribution in [0, 0.1) is 12.8 Å². The van der Waals surface area contributed by atoms with Crippen molar-refractivity contribution in [2.45, 2.75) is 46.1 Å². The highest BCUT2D eigenvalue weighted by Gasteiger charge is 2.12. The summed E-state index contributed by atoms with van der Waals surface area (Å²) in [6.07, 6.45) is 4.51. The first kappa shape index (κ1) is 12.2. The Bertz CT molecular complexity index is 298. The van der Waals surface area contributed by atoms with Crippen molar-refractivity contribution in [2.75, 3.05) is 0 Å². The normalized spacial score (nSPS) is 14.9. The number of pyridine rings is 1. The van der Waals surface area contributed by atoms with Crippen molar-refractivity contribution in [3.8, 4) is 0 Å². The smallest absolute Gasteiger partial charge is 0.0962 e. The Balaban J connectivity index is 2.56. The molecule has 15 heavy (non-hydrogen) atoms. The SMILES string of the molecule is CCCC(C)CC(O)c1cc(C)ccn1. The maximum atomic E-state index is 9.98. The Labute approximate surface area is 92.4 Å². The molecule has 0 fully saturated rings. The van der Waals surface area contributed by atoms with Crippen molar-refractivity contribution in [3.05, 3.63) is 29.6 Å². The Morgan fingerprint density at radius 3 is 2.80 bits per heavy atom. The number of aliphatic hydroxyl groups excluding tert-OH is 1. The molecule has 2 unspecified atom stereocenters. The highest BCUT2D eigenvalue weighted by molar-refractivity contribution is 5.16. The van der Waals surface area contributed by atoms with Crippen molar-refractivity contribution in [1.29, 1.82) is 0 Å². The van der Waals surface area contributed by atoms with Crippen LogP contribution in [0.3, 0.4) is 0 Å². The number of aryl methyl sites for hydroxylation is 1. The van der Waals surface area contributed by atoms with Gasteiger partial charge in [-0.05, 0) is 37.0 Å². The van der Waals surface area contributed by atoms with E-state index in [4.69, 9.17) is 0 Å². The van der Waals surface area contributed by atoms with Crippen molar-refractivity contribution < 1.29 is 5.11 Å². The molecule has 2 nitrogen and oxygen atoms in total. The fourth-order valence-electron chi connectivity index (χ4n) is 1.85. The molecule has 0 saturated heterocycles. The molecule has 84 valence electrons. The third-order valence-electron chi connectivity index (χ3n) is 2.69. The second-order valence-corrected chi connectivity index (χ2v) is 4.40. The predicted octanol–water partition coefficient (Wildman–Crippen LogP) is 3.25. The average molecular weight is 207 g/mol. The van der Waals surface area contributed by atoms with Crippen LogP contribution in [0.15, 0.2) is 18.3 Å². The lowest BCUT2D eigenvalue weighted by atomic mass is 9.97. The quantitative estimate of drug-likeness (QED) is 0.804. The zero-order valence-electron chi connectivity index (χ0n) is 9.90. The lowest BCUT2D eigenvalue weighted by Crippen LogP contribution is -2.06. The molecule has 0 spiro atoms. The van der Waals surface area contributed by atoms with Gasteiger partial charge in [-0.2, -0.15) is 0 Å². The number of rotatable bonds is 5. The molecule has 0 aromatic carbocycles. The molecule has 0 radical (unpaired) electrons. The van der Waals surface area contributed by atoms with Gasteiger partial charge in [0.05, 0.1) is 11.8 Å². The van der Waals surface area contributed by atoms with Crippen LogP contribution in [0.1, 0.15) is 50.5 Å². The third kappa shape index (κ3) is 4.00. The van der Waals surface area contributed by atoms with Gasteiger partial charge in [0.15, 0.2) is 0 Å². The number of hydrogen-bond donors (Lipinski definition) is 1. The van der Waals surface area contributed by atoms with Crippen LogP contribution >= 0.6 is 0 Å². The van der Waals surface area contributed by atoms with Crippen molar-refractivity contribution >= 4 is 0 Å². The summed E-state index contributed by atoms with van der Waals surface area (Å²) in [5.41, 5.74) is 1.96. The summed E-state index contributed by atoms with van der Waals surface area (Å²) in [5, 5.41) is 9.98. The lowest BCUT2D eigenvalue weighted by molar-refractivity contribution is 0.140. The maximum Gasteiger partial charge on any atom is 0.0962 e. The molecule has 1 aromatic rings. The monoisotopic (exact) mass is 207 g/mol. The summed E-state index contributed by atoms with van der Waals surface area (Å²) in [6, 6.07) is 3.91. The zero-order valence-corrected chi connectivity index (χ0v) is 9.90. The standard InChI is InChI=1S/C13H21NO/c1-4-5-10(2)9-13(15)12-8-11(3)6-7-14-12/h6-8,10,13,15H,4-5,9H2,1-3H3. The maximum absolute atomic E-state index is 9.98. The van der Waals surface area contributed by atoms with Gasteiger partial charge in [-0.3, -0.25) is 4.98 Å². The molecule has 1 rings (SSSR count). The largest absolute Gasteiger partial charge is 0.387 e. The van der Waals surface area contributed by atoms with E-state index in [1.165, 1.54) is 12.8 Å². The Kier molecular flexibility index (Phi) is 4.76. The van der Waals surface area contributed by atoms with E-state index in [9.17, 15) is 5.11 Å². The van der Waals surface area contributed by atoms with Gasteiger partial charge in [-0.25, -0.2) is 0 Å². The van der Waals surface area contributed by atoms with E-state index in [0.717, 1.165) is 17.7 Å². The third-order valence-corrected chi connectivity index (χ3v) is 2.69. The molecule has 1 N–H and O–H groups in total. The van der Waals surface area contributed by atoms with Gasteiger partial charge in [0.2, 0.25) is 0 Å². The van der Waals surface area contributed by atoms with E-state index in [-0.39, 0.29) is 0 Å². The molecule has 2 heteroatoms. The van der Waals surface area contributed by atoms with Crippen LogP contribution in [-0.2, 0) is 0 Å².